The second-order valence-corrected chi connectivity index (χ2v) is 11.7. The molecule has 1 amide bonds. The van der Waals surface area contributed by atoms with Crippen LogP contribution in [0.1, 0.15) is 57.8 Å². The molecule has 0 aliphatic carbocycles. The van der Waals surface area contributed by atoms with Gasteiger partial charge in [-0.25, -0.2) is 9.18 Å². The number of alkyl halides is 6. The Labute approximate surface area is 262 Å². The number of carbonyl (C=O) groups excluding carboxylic acids is 1. The summed E-state index contributed by atoms with van der Waals surface area (Å²) in [4.78, 5) is 25.0. The molecule has 246 valence electrons. The maximum Gasteiger partial charge on any atom is 0.490 e. The van der Waals surface area contributed by atoms with Gasteiger partial charge in [0.1, 0.15) is 16.8 Å². The lowest BCUT2D eigenvalue weighted by atomic mass is 9.81. The largest absolute Gasteiger partial charge is 0.490 e. The van der Waals surface area contributed by atoms with E-state index in [-0.39, 0.29) is 42.7 Å². The van der Waals surface area contributed by atoms with Crippen molar-refractivity contribution in [3.05, 3.63) is 74.5 Å². The lowest BCUT2D eigenvalue weighted by Gasteiger charge is -2.34. The fraction of sp³-hybridized carbons (Fsp3) is 0.400. The van der Waals surface area contributed by atoms with Crippen molar-refractivity contribution in [2.75, 3.05) is 13.1 Å². The molecule has 1 aromatic carbocycles. The Hall–Kier alpha value is -4.23. The van der Waals surface area contributed by atoms with Crippen molar-refractivity contribution in [3.8, 4) is 17.2 Å². The summed E-state index contributed by atoms with van der Waals surface area (Å²) in [5.74, 6) is -4.44. The predicted molar refractivity (Wildman–Crippen MR) is 153 cm³/mol. The number of carboxylic acids is 1. The van der Waals surface area contributed by atoms with E-state index in [4.69, 9.17) is 9.90 Å². The van der Waals surface area contributed by atoms with E-state index in [0.717, 1.165) is 40.6 Å². The van der Waals surface area contributed by atoms with Crippen LogP contribution in [-0.4, -0.2) is 57.0 Å². The summed E-state index contributed by atoms with van der Waals surface area (Å²) in [7, 11) is 0. The van der Waals surface area contributed by atoms with Gasteiger partial charge in [0.15, 0.2) is 5.69 Å². The minimum atomic E-state index is -5.08. The topological polar surface area (TPSA) is 111 Å². The van der Waals surface area contributed by atoms with Crippen molar-refractivity contribution in [3.63, 3.8) is 0 Å². The van der Waals surface area contributed by atoms with Gasteiger partial charge in [0, 0.05) is 53.3 Å². The normalized spacial score (nSPS) is 18.2. The second-order valence-electron chi connectivity index (χ2n) is 10.6. The van der Waals surface area contributed by atoms with E-state index in [9.17, 15) is 36.4 Å². The predicted octanol–water partition coefficient (Wildman–Crippen LogP) is 6.39. The molecule has 2 atom stereocenters. The third-order valence-electron chi connectivity index (χ3n) is 7.63. The van der Waals surface area contributed by atoms with Crippen LogP contribution in [0.15, 0.2) is 36.5 Å². The Bertz CT molecular complexity index is 1680. The van der Waals surface area contributed by atoms with E-state index < -0.39 is 35.8 Å². The first-order chi connectivity index (χ1) is 21.6. The van der Waals surface area contributed by atoms with Gasteiger partial charge in [-0.3, -0.25) is 9.48 Å². The molecule has 0 radical (unpaired) electrons. The number of aromatic nitrogens is 2. The van der Waals surface area contributed by atoms with Gasteiger partial charge in [0.25, 0.3) is 0 Å². The molecule has 2 aliphatic heterocycles. The first kappa shape index (κ1) is 34.6. The SMILES string of the molecule is CCn1cc(-c2c(F)cccc2[C@@H]2CN(C(=O)/C=C/[C@@H]3CCCN3)Cc3sc(C#N)c(C)c32)c(C(F)(F)F)n1.O=C(O)C(F)(F)F. The number of benzene rings is 1. The summed E-state index contributed by atoms with van der Waals surface area (Å²) in [6, 6.07) is 6.50. The van der Waals surface area contributed by atoms with E-state index in [1.165, 1.54) is 29.7 Å². The molecule has 1 saturated heterocycles. The molecule has 46 heavy (non-hydrogen) atoms. The van der Waals surface area contributed by atoms with E-state index in [2.05, 4.69) is 16.5 Å². The van der Waals surface area contributed by atoms with Crippen molar-refractivity contribution >= 4 is 23.2 Å². The molecular weight excluding hydrogens is 643 g/mol. The van der Waals surface area contributed by atoms with Crippen LogP contribution >= 0.6 is 11.3 Å². The molecule has 2 aliphatic rings. The highest BCUT2D eigenvalue weighted by Gasteiger charge is 2.41. The highest BCUT2D eigenvalue weighted by atomic mass is 32.1. The summed E-state index contributed by atoms with van der Waals surface area (Å²) in [5, 5.41) is 23.8. The summed E-state index contributed by atoms with van der Waals surface area (Å²) in [6.45, 7) is 4.92. The van der Waals surface area contributed by atoms with E-state index in [1.54, 1.807) is 24.8 Å². The number of nitrogens with zero attached hydrogens (tertiary/aromatic N) is 4. The van der Waals surface area contributed by atoms with E-state index in [0.29, 0.717) is 16.0 Å². The minimum Gasteiger partial charge on any atom is -0.475 e. The molecule has 16 heteroatoms. The van der Waals surface area contributed by atoms with Crippen molar-refractivity contribution in [2.24, 2.45) is 0 Å². The van der Waals surface area contributed by atoms with Crippen LogP contribution < -0.4 is 5.32 Å². The number of nitrogens with one attached hydrogen (secondary N) is 1. The summed E-state index contributed by atoms with van der Waals surface area (Å²) >= 11 is 1.26. The fourth-order valence-corrected chi connectivity index (χ4v) is 6.69. The zero-order valence-corrected chi connectivity index (χ0v) is 25.3. The van der Waals surface area contributed by atoms with Gasteiger partial charge < -0.3 is 15.3 Å². The van der Waals surface area contributed by atoms with Gasteiger partial charge in [-0.05, 0) is 56.0 Å². The number of nitriles is 1. The van der Waals surface area contributed by atoms with Gasteiger partial charge >= 0.3 is 18.3 Å². The number of carbonyl (C=O) groups is 2. The lowest BCUT2D eigenvalue weighted by molar-refractivity contribution is -0.192. The number of carboxylic acid groups (broad SMARTS) is 1. The number of aryl methyl sites for hydroxylation is 1. The molecule has 3 aromatic rings. The number of fused-ring (bicyclic) bond motifs is 1. The van der Waals surface area contributed by atoms with E-state index in [1.807, 2.05) is 6.08 Å². The molecule has 2 N–H and O–H groups in total. The number of amides is 1. The van der Waals surface area contributed by atoms with Gasteiger partial charge in [-0.15, -0.1) is 11.3 Å². The average Bonchev–Trinajstić information content (AvgIpc) is 3.74. The lowest BCUT2D eigenvalue weighted by Crippen LogP contribution is -2.37. The first-order valence-electron chi connectivity index (χ1n) is 14.0. The van der Waals surface area contributed by atoms with Crippen LogP contribution in [0.3, 0.4) is 0 Å². The number of hydrogen-bond acceptors (Lipinski definition) is 6. The van der Waals surface area contributed by atoms with Crippen molar-refractivity contribution < 1.29 is 45.4 Å². The third-order valence-corrected chi connectivity index (χ3v) is 8.82. The quantitative estimate of drug-likeness (QED) is 0.241. The highest BCUT2D eigenvalue weighted by Crippen LogP contribution is 2.46. The van der Waals surface area contributed by atoms with Crippen LogP contribution in [0.4, 0.5) is 30.7 Å². The molecule has 4 heterocycles. The van der Waals surface area contributed by atoms with Gasteiger partial charge in [-0.1, -0.05) is 18.2 Å². The Morgan fingerprint density at radius 2 is 1.93 bits per heavy atom. The van der Waals surface area contributed by atoms with Crippen molar-refractivity contribution in [1.82, 2.24) is 20.0 Å². The zero-order valence-electron chi connectivity index (χ0n) is 24.5. The van der Waals surface area contributed by atoms with Crippen LogP contribution in [0.5, 0.6) is 0 Å². The molecular formula is C30H28F7N5O3S. The van der Waals surface area contributed by atoms with Crippen LogP contribution in [0, 0.1) is 24.1 Å². The molecule has 0 unspecified atom stereocenters. The van der Waals surface area contributed by atoms with Gasteiger partial charge in [0.05, 0.1) is 6.54 Å². The van der Waals surface area contributed by atoms with E-state index >= 15 is 4.39 Å². The van der Waals surface area contributed by atoms with Crippen LogP contribution in [0.25, 0.3) is 11.1 Å². The number of thiophene rings is 1. The Balaban J connectivity index is 0.000000617. The van der Waals surface area contributed by atoms with Gasteiger partial charge in [0.2, 0.25) is 5.91 Å². The molecule has 8 nitrogen and oxygen atoms in total. The van der Waals surface area contributed by atoms with Crippen molar-refractivity contribution in [2.45, 2.75) is 64.1 Å². The summed E-state index contributed by atoms with van der Waals surface area (Å²) in [5.41, 5.74) is 0.0990. The molecule has 0 spiro atoms. The fourth-order valence-electron chi connectivity index (χ4n) is 5.51. The molecule has 0 bridgehead atoms. The standard InChI is InChI=1S/C28H27F4N5OS.C2HF3O2/c1-3-37-14-20(27(35-37)28(30,31)32)26-18(7-4-8-21(26)29)19-13-36(24(38)10-9-17-6-5-11-34-17)15-23-25(19)16(2)22(12-33)39-23;3-2(4,5)1(6)7/h4,7-10,14,17,19,34H,3,5-6,11,13,15H2,1-2H3;(H,6,7)/b10-9+;/t17-,19-;/m0./s1. The third kappa shape index (κ3) is 7.42. The maximum atomic E-state index is 15.5. The molecule has 5 rings (SSSR count). The minimum absolute atomic E-state index is 0.116. The van der Waals surface area contributed by atoms with Crippen LogP contribution in [-0.2, 0) is 28.9 Å². The smallest absolute Gasteiger partial charge is 0.475 e. The zero-order chi connectivity index (χ0) is 34.0. The van der Waals surface area contributed by atoms with Crippen LogP contribution in [0.2, 0.25) is 0 Å². The van der Waals surface area contributed by atoms with Crippen molar-refractivity contribution in [1.29, 1.82) is 5.26 Å². The number of halogens is 7. The number of rotatable bonds is 5. The monoisotopic (exact) mass is 671 g/mol. The second kappa shape index (κ2) is 13.6. The highest BCUT2D eigenvalue weighted by molar-refractivity contribution is 7.12. The average molecular weight is 672 g/mol. The number of hydrogen-bond donors (Lipinski definition) is 2. The summed E-state index contributed by atoms with van der Waals surface area (Å²) in [6.07, 6.45) is -3.33. The molecule has 0 saturated carbocycles. The Kier molecular flexibility index (Phi) is 10.3. The molecule has 2 aromatic heterocycles. The Morgan fingerprint density at radius 1 is 1.24 bits per heavy atom. The van der Waals surface area contributed by atoms with Gasteiger partial charge in [-0.2, -0.15) is 36.7 Å². The maximum absolute atomic E-state index is 15.5. The number of aliphatic carboxylic acids is 1. The first-order valence-corrected chi connectivity index (χ1v) is 14.8. The molecule has 1 fully saturated rings. The Morgan fingerprint density at radius 3 is 2.50 bits per heavy atom. The summed E-state index contributed by atoms with van der Waals surface area (Å²) < 4.78 is 90.5.